The molecule has 0 aliphatic carbocycles. The zero-order chi connectivity index (χ0) is 19.3. The van der Waals surface area contributed by atoms with E-state index in [2.05, 4.69) is 10.2 Å². The third-order valence-electron chi connectivity index (χ3n) is 4.45. The van der Waals surface area contributed by atoms with Gasteiger partial charge in [0.25, 0.3) is 0 Å². The Morgan fingerprint density at radius 3 is 2.46 bits per heavy atom. The van der Waals surface area contributed by atoms with Gasteiger partial charge in [-0.2, -0.15) is 0 Å². The molecule has 0 bridgehead atoms. The van der Waals surface area contributed by atoms with Crippen molar-refractivity contribution in [3.63, 3.8) is 0 Å². The highest BCUT2D eigenvalue weighted by atomic mass is 19.1. The van der Waals surface area contributed by atoms with Crippen LogP contribution in [-0.4, -0.2) is 74.2 Å². The Labute approximate surface area is 153 Å². The van der Waals surface area contributed by atoms with E-state index in [1.165, 1.54) is 24.8 Å². The number of amides is 2. The van der Waals surface area contributed by atoms with E-state index >= 15 is 0 Å². The third-order valence-corrected chi connectivity index (χ3v) is 4.45. The van der Waals surface area contributed by atoms with Crippen LogP contribution in [0.4, 0.5) is 15.8 Å². The van der Waals surface area contributed by atoms with E-state index in [0.717, 1.165) is 26.2 Å². The SMILES string of the molecule is CC(=O)NCC(O)CN(C(C)=O)c1ccc(N2CCN(C)CC2)c(F)c1. The summed E-state index contributed by atoms with van der Waals surface area (Å²) < 4.78 is 14.6. The van der Waals surface area contributed by atoms with Crippen molar-refractivity contribution >= 4 is 23.2 Å². The van der Waals surface area contributed by atoms with Crippen LogP contribution < -0.4 is 15.1 Å². The lowest BCUT2D eigenvalue weighted by molar-refractivity contribution is -0.119. The predicted molar refractivity (Wildman–Crippen MR) is 98.8 cm³/mol. The summed E-state index contributed by atoms with van der Waals surface area (Å²) in [5, 5.41) is 12.5. The zero-order valence-corrected chi connectivity index (χ0v) is 15.5. The van der Waals surface area contributed by atoms with E-state index in [1.54, 1.807) is 12.1 Å². The second-order valence-electron chi connectivity index (χ2n) is 6.65. The normalized spacial score (nSPS) is 16.3. The number of carbonyl (C=O) groups is 2. The van der Waals surface area contributed by atoms with E-state index in [0.29, 0.717) is 11.4 Å². The van der Waals surface area contributed by atoms with E-state index in [-0.39, 0.29) is 24.9 Å². The van der Waals surface area contributed by atoms with Gasteiger partial charge in [0, 0.05) is 52.3 Å². The predicted octanol–water partition coefficient (Wildman–Crippen LogP) is 0.427. The van der Waals surface area contributed by atoms with Crippen LogP contribution in [0.2, 0.25) is 0 Å². The average molecular weight is 366 g/mol. The summed E-state index contributed by atoms with van der Waals surface area (Å²) in [5.74, 6) is -0.964. The highest BCUT2D eigenvalue weighted by Crippen LogP contribution is 2.26. The third kappa shape index (κ3) is 5.40. The summed E-state index contributed by atoms with van der Waals surface area (Å²) in [7, 11) is 2.04. The highest BCUT2D eigenvalue weighted by Gasteiger charge is 2.21. The number of aliphatic hydroxyl groups excluding tert-OH is 1. The van der Waals surface area contributed by atoms with Gasteiger partial charge < -0.3 is 25.1 Å². The Morgan fingerprint density at radius 1 is 1.27 bits per heavy atom. The van der Waals surface area contributed by atoms with Gasteiger partial charge in [-0.05, 0) is 25.2 Å². The second-order valence-corrected chi connectivity index (χ2v) is 6.65. The van der Waals surface area contributed by atoms with Crippen molar-refractivity contribution in [1.82, 2.24) is 10.2 Å². The molecule has 1 aromatic rings. The monoisotopic (exact) mass is 366 g/mol. The van der Waals surface area contributed by atoms with Crippen LogP contribution in [0.3, 0.4) is 0 Å². The quantitative estimate of drug-likeness (QED) is 0.764. The van der Waals surface area contributed by atoms with E-state index in [1.807, 2.05) is 11.9 Å². The largest absolute Gasteiger partial charge is 0.389 e. The maximum Gasteiger partial charge on any atom is 0.223 e. The maximum absolute atomic E-state index is 14.6. The number of nitrogens with zero attached hydrogens (tertiary/aromatic N) is 3. The maximum atomic E-state index is 14.6. The summed E-state index contributed by atoms with van der Waals surface area (Å²) in [5.41, 5.74) is 0.902. The number of carbonyl (C=O) groups excluding carboxylic acids is 2. The van der Waals surface area contributed by atoms with Gasteiger partial charge in [0.1, 0.15) is 5.82 Å². The van der Waals surface area contributed by atoms with Crippen LogP contribution in [0.25, 0.3) is 0 Å². The fourth-order valence-corrected chi connectivity index (χ4v) is 2.92. The van der Waals surface area contributed by atoms with Gasteiger partial charge in [-0.15, -0.1) is 0 Å². The van der Waals surface area contributed by atoms with Gasteiger partial charge in [0.15, 0.2) is 0 Å². The first-order valence-electron chi connectivity index (χ1n) is 8.71. The number of benzene rings is 1. The van der Waals surface area contributed by atoms with Crippen LogP contribution in [0.5, 0.6) is 0 Å². The number of halogens is 1. The topological polar surface area (TPSA) is 76.1 Å². The molecular formula is C18H27FN4O3. The number of rotatable bonds is 6. The van der Waals surface area contributed by atoms with Crippen molar-refractivity contribution in [3.05, 3.63) is 24.0 Å². The first kappa shape index (κ1) is 20.1. The average Bonchev–Trinajstić information content (AvgIpc) is 2.58. The Bertz CT molecular complexity index is 647. The molecule has 7 nitrogen and oxygen atoms in total. The molecule has 0 spiro atoms. The van der Waals surface area contributed by atoms with Gasteiger partial charge in [-0.3, -0.25) is 9.59 Å². The standard InChI is InChI=1S/C18H27FN4O3/c1-13(24)20-11-16(26)12-23(14(2)25)15-4-5-18(17(19)10-15)22-8-6-21(3)7-9-22/h4-5,10,16,26H,6-9,11-12H2,1-3H3,(H,20,24). The number of hydrogen-bond acceptors (Lipinski definition) is 5. The van der Waals surface area contributed by atoms with Crippen molar-refractivity contribution < 1.29 is 19.1 Å². The summed E-state index contributed by atoms with van der Waals surface area (Å²) >= 11 is 0. The van der Waals surface area contributed by atoms with E-state index in [9.17, 15) is 19.1 Å². The molecule has 26 heavy (non-hydrogen) atoms. The molecule has 8 heteroatoms. The molecule has 0 radical (unpaired) electrons. The van der Waals surface area contributed by atoms with E-state index in [4.69, 9.17) is 0 Å². The Balaban J connectivity index is 2.10. The van der Waals surface area contributed by atoms with Crippen molar-refractivity contribution in [3.8, 4) is 0 Å². The fraction of sp³-hybridized carbons (Fsp3) is 0.556. The van der Waals surface area contributed by atoms with Crippen molar-refractivity contribution in [2.24, 2.45) is 0 Å². The van der Waals surface area contributed by atoms with Crippen LogP contribution in [0.1, 0.15) is 13.8 Å². The van der Waals surface area contributed by atoms with Crippen molar-refractivity contribution in [1.29, 1.82) is 0 Å². The molecule has 1 aromatic carbocycles. The second kappa shape index (κ2) is 8.95. The van der Waals surface area contributed by atoms with Crippen LogP contribution in [-0.2, 0) is 9.59 Å². The first-order chi connectivity index (χ1) is 12.3. The lowest BCUT2D eigenvalue weighted by Gasteiger charge is -2.34. The molecule has 2 N–H and O–H groups in total. The lowest BCUT2D eigenvalue weighted by atomic mass is 10.2. The van der Waals surface area contributed by atoms with Gasteiger partial charge in [-0.1, -0.05) is 0 Å². The summed E-state index contributed by atoms with van der Waals surface area (Å²) in [6, 6.07) is 4.68. The zero-order valence-electron chi connectivity index (χ0n) is 15.5. The summed E-state index contributed by atoms with van der Waals surface area (Å²) in [4.78, 5) is 28.4. The molecule has 1 saturated heterocycles. The molecule has 1 aliphatic heterocycles. The van der Waals surface area contributed by atoms with E-state index < -0.39 is 11.9 Å². The molecule has 1 heterocycles. The number of anilines is 2. The Kier molecular flexibility index (Phi) is 6.93. The lowest BCUT2D eigenvalue weighted by Crippen LogP contribution is -2.45. The minimum atomic E-state index is -0.942. The first-order valence-corrected chi connectivity index (χ1v) is 8.71. The number of hydrogen-bond donors (Lipinski definition) is 2. The minimum absolute atomic E-state index is 0.0249. The molecular weight excluding hydrogens is 339 g/mol. The molecule has 144 valence electrons. The molecule has 1 unspecified atom stereocenters. The molecule has 1 aliphatic rings. The molecule has 2 amide bonds. The van der Waals surface area contributed by atoms with Gasteiger partial charge >= 0.3 is 0 Å². The molecule has 0 saturated carbocycles. The van der Waals surface area contributed by atoms with Gasteiger partial charge in [0.2, 0.25) is 11.8 Å². The Hall–Kier alpha value is -2.19. The molecule has 0 aromatic heterocycles. The highest BCUT2D eigenvalue weighted by molar-refractivity contribution is 5.91. The van der Waals surface area contributed by atoms with Gasteiger partial charge in [0.05, 0.1) is 18.3 Å². The van der Waals surface area contributed by atoms with Crippen molar-refractivity contribution in [2.75, 3.05) is 56.1 Å². The number of piperazine rings is 1. The number of aliphatic hydroxyl groups is 1. The molecule has 1 fully saturated rings. The minimum Gasteiger partial charge on any atom is -0.389 e. The smallest absolute Gasteiger partial charge is 0.223 e. The van der Waals surface area contributed by atoms with Crippen LogP contribution >= 0.6 is 0 Å². The molecule has 1 atom stereocenters. The number of likely N-dealkylation sites (N-methyl/N-ethyl adjacent to an activating group) is 1. The van der Waals surface area contributed by atoms with Crippen LogP contribution in [0, 0.1) is 5.82 Å². The fourth-order valence-electron chi connectivity index (χ4n) is 2.92. The summed E-state index contributed by atoms with van der Waals surface area (Å²) in [6.07, 6.45) is -0.942. The molecule has 2 rings (SSSR count). The number of nitrogens with one attached hydrogen (secondary N) is 1. The van der Waals surface area contributed by atoms with Gasteiger partial charge in [-0.25, -0.2) is 4.39 Å². The Morgan fingerprint density at radius 2 is 1.92 bits per heavy atom. The van der Waals surface area contributed by atoms with Crippen LogP contribution in [0.15, 0.2) is 18.2 Å². The summed E-state index contributed by atoms with van der Waals surface area (Å²) in [6.45, 7) is 5.95. The van der Waals surface area contributed by atoms with Crippen molar-refractivity contribution in [2.45, 2.75) is 20.0 Å².